The Morgan fingerprint density at radius 3 is 3.09 bits per heavy atom. The molecule has 0 spiro atoms. The van der Waals surface area contributed by atoms with E-state index in [0.29, 0.717) is 6.29 Å². The zero-order valence-corrected chi connectivity index (χ0v) is 6.60. The SMILES string of the molecule is O=CC=CC#Cc1cccs1. The van der Waals surface area contributed by atoms with Gasteiger partial charge in [0.2, 0.25) is 0 Å². The van der Waals surface area contributed by atoms with Crippen LogP contribution >= 0.6 is 11.3 Å². The molecule has 1 rings (SSSR count). The van der Waals surface area contributed by atoms with Crippen LogP contribution < -0.4 is 0 Å². The Morgan fingerprint density at radius 2 is 2.45 bits per heavy atom. The van der Waals surface area contributed by atoms with Gasteiger partial charge in [-0.1, -0.05) is 17.9 Å². The van der Waals surface area contributed by atoms with Crippen LogP contribution in [-0.4, -0.2) is 6.29 Å². The van der Waals surface area contributed by atoms with Gasteiger partial charge in [0.1, 0.15) is 6.29 Å². The molecule has 2 heteroatoms. The van der Waals surface area contributed by atoms with Crippen LogP contribution in [0.25, 0.3) is 0 Å². The average Bonchev–Trinajstić information content (AvgIpc) is 2.50. The molecule has 1 aromatic heterocycles. The van der Waals surface area contributed by atoms with Gasteiger partial charge in [-0.15, -0.1) is 11.3 Å². The highest BCUT2D eigenvalue weighted by Crippen LogP contribution is 2.05. The molecule has 0 N–H and O–H groups in total. The lowest BCUT2D eigenvalue weighted by Crippen LogP contribution is -1.59. The van der Waals surface area contributed by atoms with Gasteiger partial charge in [-0.3, -0.25) is 4.79 Å². The van der Waals surface area contributed by atoms with Crippen molar-refractivity contribution in [3.8, 4) is 11.8 Å². The molecule has 0 aliphatic rings. The van der Waals surface area contributed by atoms with E-state index in [2.05, 4.69) is 11.8 Å². The third-order valence-corrected chi connectivity index (χ3v) is 1.76. The largest absolute Gasteiger partial charge is 0.299 e. The van der Waals surface area contributed by atoms with Gasteiger partial charge in [0.15, 0.2) is 0 Å². The Kier molecular flexibility index (Phi) is 3.17. The number of hydrogen-bond acceptors (Lipinski definition) is 2. The van der Waals surface area contributed by atoms with Gasteiger partial charge < -0.3 is 0 Å². The maximum Gasteiger partial charge on any atom is 0.143 e. The van der Waals surface area contributed by atoms with Gasteiger partial charge in [-0.05, 0) is 23.6 Å². The molecule has 0 unspecified atom stereocenters. The molecule has 0 aliphatic carbocycles. The fourth-order valence-electron chi connectivity index (χ4n) is 0.550. The molecule has 1 nitrogen and oxygen atoms in total. The second-order valence-electron chi connectivity index (χ2n) is 1.74. The van der Waals surface area contributed by atoms with Crippen LogP contribution in [0, 0.1) is 11.8 Å². The van der Waals surface area contributed by atoms with Crippen molar-refractivity contribution in [2.75, 3.05) is 0 Å². The van der Waals surface area contributed by atoms with E-state index in [0.717, 1.165) is 4.88 Å². The summed E-state index contributed by atoms with van der Waals surface area (Å²) in [6, 6.07) is 3.88. The summed E-state index contributed by atoms with van der Waals surface area (Å²) in [7, 11) is 0. The molecule has 0 radical (unpaired) electrons. The molecule has 0 saturated heterocycles. The first kappa shape index (κ1) is 7.77. The van der Waals surface area contributed by atoms with E-state index in [1.54, 1.807) is 11.3 Å². The quantitative estimate of drug-likeness (QED) is 0.350. The molecule has 0 aliphatic heterocycles. The second kappa shape index (κ2) is 4.48. The molecule has 0 bridgehead atoms. The van der Waals surface area contributed by atoms with Crippen molar-refractivity contribution < 1.29 is 4.79 Å². The molecular formula is C9H6OS. The Hall–Kier alpha value is -1.33. The van der Waals surface area contributed by atoms with Gasteiger partial charge >= 0.3 is 0 Å². The third-order valence-electron chi connectivity index (χ3n) is 0.975. The van der Waals surface area contributed by atoms with E-state index in [9.17, 15) is 4.79 Å². The minimum atomic E-state index is 0.711. The van der Waals surface area contributed by atoms with Gasteiger partial charge in [0.05, 0.1) is 4.88 Å². The lowest BCUT2D eigenvalue weighted by molar-refractivity contribution is -0.104. The maximum absolute atomic E-state index is 9.81. The van der Waals surface area contributed by atoms with Crippen LogP contribution in [0.15, 0.2) is 29.7 Å². The molecule has 0 amide bonds. The Bertz CT molecular complexity index is 298. The van der Waals surface area contributed by atoms with E-state index >= 15 is 0 Å². The molecule has 0 fully saturated rings. The standard InChI is InChI=1S/C9H6OS/c10-7-3-1-2-5-9-6-4-8-11-9/h1,3-4,6-8H. The van der Waals surface area contributed by atoms with Crippen LogP contribution in [0.1, 0.15) is 4.88 Å². The van der Waals surface area contributed by atoms with Crippen molar-refractivity contribution in [3.63, 3.8) is 0 Å². The highest BCUT2D eigenvalue weighted by Gasteiger charge is 1.81. The van der Waals surface area contributed by atoms with Crippen LogP contribution in [0.4, 0.5) is 0 Å². The molecular weight excluding hydrogens is 156 g/mol. The Morgan fingerprint density at radius 1 is 1.55 bits per heavy atom. The third kappa shape index (κ3) is 2.83. The first-order valence-electron chi connectivity index (χ1n) is 3.09. The predicted octanol–water partition coefficient (Wildman–Crippen LogP) is 1.85. The first-order chi connectivity index (χ1) is 5.43. The van der Waals surface area contributed by atoms with Crippen molar-refractivity contribution in [2.45, 2.75) is 0 Å². The van der Waals surface area contributed by atoms with Crippen LogP contribution in [0.3, 0.4) is 0 Å². The lowest BCUT2D eigenvalue weighted by atomic mass is 10.4. The average molecular weight is 162 g/mol. The van der Waals surface area contributed by atoms with Gasteiger partial charge in [-0.2, -0.15) is 0 Å². The molecule has 1 heterocycles. The van der Waals surface area contributed by atoms with Gasteiger partial charge in [0.25, 0.3) is 0 Å². The summed E-state index contributed by atoms with van der Waals surface area (Å²) < 4.78 is 0. The number of aldehydes is 1. The Balaban J connectivity index is 2.58. The van der Waals surface area contributed by atoms with Crippen LogP contribution in [0.5, 0.6) is 0 Å². The van der Waals surface area contributed by atoms with Gasteiger partial charge in [0, 0.05) is 0 Å². The van der Waals surface area contributed by atoms with Crippen molar-refractivity contribution in [3.05, 3.63) is 34.5 Å². The molecule has 54 valence electrons. The smallest absolute Gasteiger partial charge is 0.143 e. The first-order valence-corrected chi connectivity index (χ1v) is 3.97. The number of carbonyl (C=O) groups is 1. The minimum absolute atomic E-state index is 0.711. The van der Waals surface area contributed by atoms with Crippen molar-refractivity contribution in [1.82, 2.24) is 0 Å². The number of hydrogen-bond donors (Lipinski definition) is 0. The maximum atomic E-state index is 9.81. The molecule has 0 atom stereocenters. The number of allylic oxidation sites excluding steroid dienone is 2. The van der Waals surface area contributed by atoms with E-state index in [4.69, 9.17) is 0 Å². The summed E-state index contributed by atoms with van der Waals surface area (Å²) >= 11 is 1.59. The van der Waals surface area contributed by atoms with E-state index in [1.165, 1.54) is 12.2 Å². The number of carbonyl (C=O) groups excluding carboxylic acids is 1. The summed E-state index contributed by atoms with van der Waals surface area (Å²) in [5, 5.41) is 1.97. The Labute approximate surface area is 69.4 Å². The molecule has 11 heavy (non-hydrogen) atoms. The molecule has 0 saturated carbocycles. The van der Waals surface area contributed by atoms with Crippen LogP contribution in [0.2, 0.25) is 0 Å². The number of thiophene rings is 1. The monoisotopic (exact) mass is 162 g/mol. The van der Waals surface area contributed by atoms with E-state index < -0.39 is 0 Å². The lowest BCUT2D eigenvalue weighted by Gasteiger charge is -1.71. The zero-order chi connectivity index (χ0) is 7.94. The van der Waals surface area contributed by atoms with Gasteiger partial charge in [-0.25, -0.2) is 0 Å². The predicted molar refractivity (Wildman–Crippen MR) is 46.4 cm³/mol. The number of rotatable bonds is 1. The second-order valence-corrected chi connectivity index (χ2v) is 2.69. The molecule has 1 aromatic rings. The van der Waals surface area contributed by atoms with Crippen molar-refractivity contribution >= 4 is 17.6 Å². The fraction of sp³-hybridized carbons (Fsp3) is 0. The summed E-state index contributed by atoms with van der Waals surface area (Å²) in [5.74, 6) is 5.62. The summed E-state index contributed by atoms with van der Waals surface area (Å²) in [6.45, 7) is 0. The fourth-order valence-corrected chi connectivity index (χ4v) is 1.13. The van der Waals surface area contributed by atoms with Crippen molar-refractivity contribution in [2.24, 2.45) is 0 Å². The topological polar surface area (TPSA) is 17.1 Å². The highest BCUT2D eigenvalue weighted by molar-refractivity contribution is 7.10. The minimum Gasteiger partial charge on any atom is -0.299 e. The summed E-state index contributed by atoms with van der Waals surface area (Å²) in [5.41, 5.74) is 0. The highest BCUT2D eigenvalue weighted by atomic mass is 32.1. The summed E-state index contributed by atoms with van der Waals surface area (Å²) in [6.07, 6.45) is 3.62. The zero-order valence-electron chi connectivity index (χ0n) is 5.78. The molecule has 0 aromatic carbocycles. The summed E-state index contributed by atoms with van der Waals surface area (Å²) in [4.78, 5) is 10.8. The normalized spacial score (nSPS) is 9.09. The van der Waals surface area contributed by atoms with Crippen LogP contribution in [-0.2, 0) is 4.79 Å². The van der Waals surface area contributed by atoms with Crippen molar-refractivity contribution in [1.29, 1.82) is 0 Å². The van der Waals surface area contributed by atoms with E-state index in [-0.39, 0.29) is 0 Å². The van der Waals surface area contributed by atoms with E-state index in [1.807, 2.05) is 17.5 Å².